The zero-order valence-electron chi connectivity index (χ0n) is 20.4. The zero-order chi connectivity index (χ0) is 25.7. The van der Waals surface area contributed by atoms with Gasteiger partial charge in [0.25, 0.3) is 5.69 Å². The van der Waals surface area contributed by atoms with Crippen LogP contribution in [0, 0.1) is 10.1 Å². The Morgan fingerprint density at radius 1 is 1.24 bits per heavy atom. The number of anilines is 3. The average molecular weight is 521 g/mol. The molecule has 3 aromatic heterocycles. The summed E-state index contributed by atoms with van der Waals surface area (Å²) in [6.07, 6.45) is 7.27. The van der Waals surface area contributed by atoms with Gasteiger partial charge < -0.3 is 15.0 Å². The number of hydrogen-bond donors (Lipinski definition) is 1. The molecule has 1 N–H and O–H groups in total. The fraction of sp³-hybridized carbons (Fsp3) is 0.320. The van der Waals surface area contributed by atoms with Crippen molar-refractivity contribution in [2.75, 3.05) is 44.0 Å². The fourth-order valence-corrected chi connectivity index (χ4v) is 5.58. The number of rotatable bonds is 6. The van der Waals surface area contributed by atoms with Crippen molar-refractivity contribution in [2.45, 2.75) is 18.4 Å². The summed E-state index contributed by atoms with van der Waals surface area (Å²) >= 11 is 6.44. The number of likely N-dealkylation sites (N-methyl/N-ethyl adjacent to an activating group) is 1. The summed E-state index contributed by atoms with van der Waals surface area (Å²) in [6, 6.07) is 8.90. The molecule has 0 amide bonds. The lowest BCUT2D eigenvalue weighted by molar-refractivity contribution is -0.384. The highest BCUT2D eigenvalue weighted by Crippen LogP contribution is 2.45. The Labute approximate surface area is 217 Å². The van der Waals surface area contributed by atoms with Crippen LogP contribution in [0.25, 0.3) is 16.8 Å². The van der Waals surface area contributed by atoms with Crippen molar-refractivity contribution >= 4 is 40.1 Å². The van der Waals surface area contributed by atoms with Gasteiger partial charge in [-0.1, -0.05) is 17.7 Å². The molecule has 1 aromatic carbocycles. The summed E-state index contributed by atoms with van der Waals surface area (Å²) in [5.41, 5.74) is 3.11. The van der Waals surface area contributed by atoms with Crippen molar-refractivity contribution in [3.05, 3.63) is 64.1 Å². The van der Waals surface area contributed by atoms with Gasteiger partial charge in [0.15, 0.2) is 0 Å². The van der Waals surface area contributed by atoms with Gasteiger partial charge in [-0.15, -0.1) is 0 Å². The summed E-state index contributed by atoms with van der Waals surface area (Å²) < 4.78 is 7.35. The number of aromatic nitrogens is 4. The molecule has 0 bridgehead atoms. The van der Waals surface area contributed by atoms with Gasteiger partial charge in [-0.25, -0.2) is 14.5 Å². The molecule has 4 aromatic rings. The number of nitrogens with zero attached hydrogens (tertiary/aromatic N) is 7. The van der Waals surface area contributed by atoms with Crippen LogP contribution in [0.2, 0.25) is 5.02 Å². The van der Waals surface area contributed by atoms with Crippen LogP contribution in [-0.4, -0.2) is 68.7 Å². The van der Waals surface area contributed by atoms with Gasteiger partial charge in [-0.05, 0) is 38.6 Å². The number of ether oxygens (including phenoxy) is 1. The third kappa shape index (κ3) is 3.91. The fourth-order valence-electron chi connectivity index (χ4n) is 5.38. The first-order valence-electron chi connectivity index (χ1n) is 11.9. The number of nitro benzene ring substituents is 1. The number of likely N-dealkylation sites (tertiary alicyclic amines) is 1. The van der Waals surface area contributed by atoms with Gasteiger partial charge in [0.1, 0.15) is 11.4 Å². The Morgan fingerprint density at radius 3 is 2.81 bits per heavy atom. The molecule has 12 heteroatoms. The van der Waals surface area contributed by atoms with Gasteiger partial charge in [0, 0.05) is 37.0 Å². The summed E-state index contributed by atoms with van der Waals surface area (Å²) in [7, 11) is 3.66. The average Bonchev–Trinajstić information content (AvgIpc) is 3.47. The van der Waals surface area contributed by atoms with Crippen LogP contribution in [0.3, 0.4) is 0 Å². The minimum Gasteiger partial charge on any atom is -0.494 e. The second-order valence-corrected chi connectivity index (χ2v) is 9.91. The molecule has 5 heterocycles. The predicted octanol–water partition coefficient (Wildman–Crippen LogP) is 4.39. The largest absolute Gasteiger partial charge is 0.494 e. The minimum atomic E-state index is -0.365. The maximum absolute atomic E-state index is 12.1. The molecule has 0 atom stereocenters. The van der Waals surface area contributed by atoms with Gasteiger partial charge in [0.05, 0.1) is 51.9 Å². The third-order valence-electron chi connectivity index (χ3n) is 7.42. The Kier molecular flexibility index (Phi) is 5.61. The molecular formula is C25H25ClN8O3. The van der Waals surface area contributed by atoms with E-state index in [0.717, 1.165) is 43.6 Å². The van der Waals surface area contributed by atoms with Crippen LogP contribution >= 0.6 is 11.6 Å². The number of halogens is 1. The lowest BCUT2D eigenvalue weighted by Crippen LogP contribution is -2.67. The SMILES string of the molecule is COc1cc(N2CC3(CCCN3C)C2)c([N+](=O)[O-])cc1Nc1ncc(Cl)c(-c2cnn3ccccc23)n1. The van der Waals surface area contributed by atoms with Gasteiger partial charge in [-0.3, -0.25) is 15.0 Å². The molecule has 0 aliphatic carbocycles. The number of nitro groups is 1. The first-order valence-corrected chi connectivity index (χ1v) is 12.3. The van der Waals surface area contributed by atoms with Gasteiger partial charge in [0.2, 0.25) is 5.95 Å². The van der Waals surface area contributed by atoms with E-state index in [9.17, 15) is 10.1 Å². The number of fused-ring (bicyclic) bond motifs is 1. The predicted molar refractivity (Wildman–Crippen MR) is 141 cm³/mol. The lowest BCUT2D eigenvalue weighted by Gasteiger charge is -2.52. The van der Waals surface area contributed by atoms with Gasteiger partial charge in [-0.2, -0.15) is 5.10 Å². The van der Waals surface area contributed by atoms with Crippen LogP contribution in [0.5, 0.6) is 5.75 Å². The van der Waals surface area contributed by atoms with Crippen LogP contribution in [-0.2, 0) is 0 Å². The molecule has 2 fully saturated rings. The van der Waals surface area contributed by atoms with Crippen LogP contribution < -0.4 is 15.0 Å². The van der Waals surface area contributed by atoms with E-state index in [2.05, 4.69) is 32.3 Å². The third-order valence-corrected chi connectivity index (χ3v) is 7.70. The highest BCUT2D eigenvalue weighted by atomic mass is 35.5. The van der Waals surface area contributed by atoms with Crippen LogP contribution in [0.15, 0.2) is 48.9 Å². The van der Waals surface area contributed by atoms with E-state index in [1.165, 1.54) is 19.4 Å². The van der Waals surface area contributed by atoms with Crippen LogP contribution in [0.4, 0.5) is 23.0 Å². The summed E-state index contributed by atoms with van der Waals surface area (Å²) in [4.78, 5) is 25.0. The van der Waals surface area contributed by atoms with E-state index < -0.39 is 0 Å². The molecule has 1 spiro atoms. The van der Waals surface area contributed by atoms with Crippen molar-refractivity contribution in [3.63, 3.8) is 0 Å². The standard InChI is InChI=1S/C25H25ClN8O3/c1-31-8-5-7-25(31)14-32(15-25)20-11-22(37-2)18(10-21(20)34(35)36)29-24-27-13-17(26)23(30-24)16-12-28-33-9-4-3-6-19(16)33/h3-4,6,9-13H,5,7-8,14-15H2,1-2H3,(H,27,29,30). The lowest BCUT2D eigenvalue weighted by atomic mass is 9.86. The molecule has 2 aliphatic heterocycles. The van der Waals surface area contributed by atoms with E-state index >= 15 is 0 Å². The molecule has 190 valence electrons. The Hall–Kier alpha value is -3.96. The summed E-state index contributed by atoms with van der Waals surface area (Å²) in [5.74, 6) is 0.683. The first-order chi connectivity index (χ1) is 17.9. The normalized spacial score (nSPS) is 16.8. The molecular weight excluding hydrogens is 496 g/mol. The number of methoxy groups -OCH3 is 1. The molecule has 11 nitrogen and oxygen atoms in total. The Bertz CT molecular complexity index is 1520. The number of hydrogen-bond acceptors (Lipinski definition) is 9. The second-order valence-electron chi connectivity index (χ2n) is 9.51. The van der Waals surface area contributed by atoms with E-state index in [1.807, 2.05) is 29.3 Å². The Balaban J connectivity index is 1.33. The maximum Gasteiger partial charge on any atom is 0.294 e. The molecule has 2 aliphatic rings. The highest BCUT2D eigenvalue weighted by Gasteiger charge is 2.49. The smallest absolute Gasteiger partial charge is 0.294 e. The van der Waals surface area contributed by atoms with Crippen molar-refractivity contribution in [3.8, 4) is 17.0 Å². The molecule has 0 unspecified atom stereocenters. The van der Waals surface area contributed by atoms with E-state index in [4.69, 9.17) is 16.3 Å². The van der Waals surface area contributed by atoms with E-state index in [-0.39, 0.29) is 22.1 Å². The van der Waals surface area contributed by atoms with Crippen molar-refractivity contribution in [1.82, 2.24) is 24.5 Å². The topological polar surface area (TPSA) is 114 Å². The van der Waals surface area contributed by atoms with Crippen molar-refractivity contribution in [2.24, 2.45) is 0 Å². The molecule has 6 rings (SSSR count). The number of nitrogens with one attached hydrogen (secondary N) is 1. The van der Waals surface area contributed by atoms with E-state index in [0.29, 0.717) is 27.8 Å². The van der Waals surface area contributed by atoms with Crippen molar-refractivity contribution in [1.29, 1.82) is 0 Å². The molecule has 0 radical (unpaired) electrons. The van der Waals surface area contributed by atoms with E-state index in [1.54, 1.807) is 16.8 Å². The first kappa shape index (κ1) is 23.4. The van der Waals surface area contributed by atoms with Crippen LogP contribution in [0.1, 0.15) is 12.8 Å². The quantitative estimate of drug-likeness (QED) is 0.292. The zero-order valence-corrected chi connectivity index (χ0v) is 21.1. The highest BCUT2D eigenvalue weighted by molar-refractivity contribution is 6.33. The summed E-state index contributed by atoms with van der Waals surface area (Å²) in [5, 5.41) is 19.9. The minimum absolute atomic E-state index is 0.00406. The second kappa shape index (κ2) is 8.86. The van der Waals surface area contributed by atoms with Crippen molar-refractivity contribution < 1.29 is 9.66 Å². The summed E-state index contributed by atoms with van der Waals surface area (Å²) in [6.45, 7) is 2.56. The van der Waals surface area contributed by atoms with Gasteiger partial charge >= 0.3 is 0 Å². The maximum atomic E-state index is 12.1. The monoisotopic (exact) mass is 520 g/mol. The molecule has 2 saturated heterocycles. The number of benzene rings is 1. The Morgan fingerprint density at radius 2 is 2.08 bits per heavy atom. The number of pyridine rings is 1. The molecule has 0 saturated carbocycles. The molecule has 37 heavy (non-hydrogen) atoms.